The van der Waals surface area contributed by atoms with Gasteiger partial charge in [0.25, 0.3) is 6.43 Å². The summed E-state index contributed by atoms with van der Waals surface area (Å²) in [6.07, 6.45) is -1.94. The fourth-order valence-corrected chi connectivity index (χ4v) is 2.44. The van der Waals surface area contributed by atoms with E-state index in [4.69, 9.17) is 4.74 Å². The molecule has 6 heteroatoms. The van der Waals surface area contributed by atoms with Gasteiger partial charge in [-0.1, -0.05) is 20.8 Å². The lowest BCUT2D eigenvalue weighted by Crippen LogP contribution is -2.14. The van der Waals surface area contributed by atoms with Crippen LogP contribution in [-0.2, 0) is 9.84 Å². The predicted molar refractivity (Wildman–Crippen MR) is 74.0 cm³/mol. The molecule has 0 bridgehead atoms. The van der Waals surface area contributed by atoms with Crippen molar-refractivity contribution in [2.75, 3.05) is 12.9 Å². The Labute approximate surface area is 118 Å². The Morgan fingerprint density at radius 1 is 1.20 bits per heavy atom. The summed E-state index contributed by atoms with van der Waals surface area (Å²) < 4.78 is 54.3. The van der Waals surface area contributed by atoms with Crippen LogP contribution in [0.2, 0.25) is 0 Å². The van der Waals surface area contributed by atoms with Crippen LogP contribution in [0.15, 0.2) is 23.1 Å². The molecule has 1 aromatic rings. The topological polar surface area (TPSA) is 43.4 Å². The van der Waals surface area contributed by atoms with E-state index in [1.54, 1.807) is 0 Å². The number of sulfone groups is 1. The molecule has 1 aromatic carbocycles. The molecular formula is C14H20F2O3S. The Bertz CT molecular complexity index is 554. The van der Waals surface area contributed by atoms with Gasteiger partial charge >= 0.3 is 0 Å². The molecule has 1 rings (SSSR count). The lowest BCUT2D eigenvalue weighted by atomic mass is 9.99. The third-order valence-electron chi connectivity index (χ3n) is 3.27. The Morgan fingerprint density at radius 3 is 2.25 bits per heavy atom. The Balaban J connectivity index is 3.00. The number of rotatable bonds is 6. The van der Waals surface area contributed by atoms with Crippen LogP contribution >= 0.6 is 0 Å². The van der Waals surface area contributed by atoms with Gasteiger partial charge in [0.05, 0.1) is 11.5 Å². The molecule has 0 fully saturated rings. The van der Waals surface area contributed by atoms with Crippen molar-refractivity contribution in [2.24, 2.45) is 11.8 Å². The first-order valence-corrected chi connectivity index (χ1v) is 8.27. The van der Waals surface area contributed by atoms with Crippen LogP contribution in [0.5, 0.6) is 5.75 Å². The number of hydrogen-bond donors (Lipinski definition) is 0. The highest BCUT2D eigenvalue weighted by Crippen LogP contribution is 2.30. The smallest absolute Gasteiger partial charge is 0.265 e. The lowest BCUT2D eigenvalue weighted by molar-refractivity contribution is 0.147. The Hall–Kier alpha value is -1.17. The molecule has 3 nitrogen and oxygen atoms in total. The van der Waals surface area contributed by atoms with Gasteiger partial charge in [-0.25, -0.2) is 17.2 Å². The molecular weight excluding hydrogens is 286 g/mol. The molecule has 0 radical (unpaired) electrons. The maximum absolute atomic E-state index is 12.9. The number of ether oxygens (including phenoxy) is 1. The zero-order valence-corrected chi connectivity index (χ0v) is 12.9. The van der Waals surface area contributed by atoms with Crippen molar-refractivity contribution in [1.29, 1.82) is 0 Å². The molecule has 0 aliphatic heterocycles. The summed E-state index contributed by atoms with van der Waals surface area (Å²) in [5.41, 5.74) is -0.512. The fourth-order valence-electron chi connectivity index (χ4n) is 1.54. The van der Waals surface area contributed by atoms with E-state index in [1.165, 1.54) is 12.1 Å². The predicted octanol–water partition coefficient (Wildman–Crippen LogP) is 3.70. The summed E-state index contributed by atoms with van der Waals surface area (Å²) >= 11 is 0. The van der Waals surface area contributed by atoms with Crippen LogP contribution in [-0.4, -0.2) is 21.3 Å². The average Bonchev–Trinajstić information content (AvgIpc) is 2.34. The highest BCUT2D eigenvalue weighted by atomic mass is 32.2. The van der Waals surface area contributed by atoms with Gasteiger partial charge in [0.2, 0.25) is 0 Å². The van der Waals surface area contributed by atoms with Crippen molar-refractivity contribution >= 4 is 9.84 Å². The molecule has 0 amide bonds. The minimum atomic E-state index is -3.68. The second-order valence-electron chi connectivity index (χ2n) is 5.30. The van der Waals surface area contributed by atoms with Gasteiger partial charge in [0, 0.05) is 11.8 Å². The Kier molecular flexibility index (Phi) is 5.50. The first kappa shape index (κ1) is 16.9. The van der Waals surface area contributed by atoms with E-state index in [2.05, 4.69) is 0 Å². The highest BCUT2D eigenvalue weighted by molar-refractivity contribution is 7.90. The van der Waals surface area contributed by atoms with Crippen molar-refractivity contribution in [3.8, 4) is 5.75 Å². The van der Waals surface area contributed by atoms with Crippen LogP contribution in [0, 0.1) is 11.8 Å². The molecule has 0 saturated heterocycles. The van der Waals surface area contributed by atoms with Crippen LogP contribution in [0.25, 0.3) is 0 Å². The quantitative estimate of drug-likeness (QED) is 0.805. The SMILES string of the molecule is CC(C)C(C)COc1ccc(S(C)(=O)=O)c(C(F)F)c1. The third kappa shape index (κ3) is 4.44. The highest BCUT2D eigenvalue weighted by Gasteiger charge is 2.21. The van der Waals surface area contributed by atoms with Crippen LogP contribution < -0.4 is 4.74 Å². The monoisotopic (exact) mass is 306 g/mol. The number of hydrogen-bond acceptors (Lipinski definition) is 3. The van der Waals surface area contributed by atoms with Crippen molar-refractivity contribution in [3.05, 3.63) is 23.8 Å². The molecule has 0 aromatic heterocycles. The summed E-state index contributed by atoms with van der Waals surface area (Å²) in [5, 5.41) is 0. The summed E-state index contributed by atoms with van der Waals surface area (Å²) in [6.45, 7) is 6.50. The summed E-state index contributed by atoms with van der Waals surface area (Å²) in [7, 11) is -3.68. The molecule has 0 heterocycles. The van der Waals surface area contributed by atoms with Crippen LogP contribution in [0.3, 0.4) is 0 Å². The molecule has 0 aliphatic carbocycles. The second-order valence-corrected chi connectivity index (χ2v) is 7.29. The average molecular weight is 306 g/mol. The van der Waals surface area contributed by atoms with Crippen molar-refractivity contribution in [2.45, 2.75) is 32.1 Å². The molecule has 0 N–H and O–H groups in total. The van der Waals surface area contributed by atoms with E-state index < -0.39 is 21.8 Å². The van der Waals surface area contributed by atoms with E-state index in [0.717, 1.165) is 12.3 Å². The molecule has 1 unspecified atom stereocenters. The summed E-state index contributed by atoms with van der Waals surface area (Å²) in [6, 6.07) is 3.69. The Morgan fingerprint density at radius 2 is 1.80 bits per heavy atom. The summed E-state index contributed by atoms with van der Waals surface area (Å²) in [5.74, 6) is 0.958. The molecule has 0 spiro atoms. The van der Waals surface area contributed by atoms with Gasteiger partial charge in [0.15, 0.2) is 9.84 Å². The van der Waals surface area contributed by atoms with Gasteiger partial charge < -0.3 is 4.74 Å². The summed E-state index contributed by atoms with van der Waals surface area (Å²) in [4.78, 5) is -0.350. The molecule has 0 aliphatic rings. The number of benzene rings is 1. The van der Waals surface area contributed by atoms with Crippen molar-refractivity contribution in [3.63, 3.8) is 0 Å². The normalized spacial score (nSPS) is 13.8. The van der Waals surface area contributed by atoms with E-state index in [1.807, 2.05) is 20.8 Å². The van der Waals surface area contributed by atoms with Gasteiger partial charge in [-0.05, 0) is 30.0 Å². The van der Waals surface area contributed by atoms with E-state index in [9.17, 15) is 17.2 Å². The van der Waals surface area contributed by atoms with Gasteiger partial charge in [-0.3, -0.25) is 0 Å². The van der Waals surface area contributed by atoms with Crippen molar-refractivity contribution in [1.82, 2.24) is 0 Å². The molecule has 20 heavy (non-hydrogen) atoms. The lowest BCUT2D eigenvalue weighted by Gasteiger charge is -2.17. The van der Waals surface area contributed by atoms with Gasteiger partial charge in [-0.2, -0.15) is 0 Å². The van der Waals surface area contributed by atoms with Gasteiger partial charge in [-0.15, -0.1) is 0 Å². The zero-order valence-electron chi connectivity index (χ0n) is 12.1. The third-order valence-corrected chi connectivity index (χ3v) is 4.44. The second kappa shape index (κ2) is 6.52. The van der Waals surface area contributed by atoms with Crippen molar-refractivity contribution < 1.29 is 21.9 Å². The largest absolute Gasteiger partial charge is 0.493 e. The standard InChI is InChI=1S/C14H20F2O3S/c1-9(2)10(3)8-19-11-5-6-13(20(4,17)18)12(7-11)14(15)16/h5-7,9-10,14H,8H2,1-4H3. The van der Waals surface area contributed by atoms with Crippen LogP contribution in [0.4, 0.5) is 8.78 Å². The number of alkyl halides is 2. The maximum atomic E-state index is 12.9. The zero-order chi connectivity index (χ0) is 15.5. The first-order valence-electron chi connectivity index (χ1n) is 6.38. The molecule has 0 saturated carbocycles. The number of halogens is 2. The maximum Gasteiger partial charge on any atom is 0.265 e. The molecule has 1 atom stereocenters. The minimum absolute atomic E-state index is 0.264. The van der Waals surface area contributed by atoms with E-state index >= 15 is 0 Å². The van der Waals surface area contributed by atoms with E-state index in [-0.39, 0.29) is 16.6 Å². The first-order chi connectivity index (χ1) is 9.12. The van der Waals surface area contributed by atoms with E-state index in [0.29, 0.717) is 12.5 Å². The van der Waals surface area contributed by atoms with Gasteiger partial charge in [0.1, 0.15) is 5.75 Å². The minimum Gasteiger partial charge on any atom is -0.493 e. The molecule has 114 valence electrons. The fraction of sp³-hybridized carbons (Fsp3) is 0.571. The van der Waals surface area contributed by atoms with Crippen LogP contribution in [0.1, 0.15) is 32.8 Å².